The van der Waals surface area contributed by atoms with Crippen molar-refractivity contribution in [3.05, 3.63) is 17.4 Å². The van der Waals surface area contributed by atoms with Crippen molar-refractivity contribution in [1.82, 2.24) is 0 Å². The van der Waals surface area contributed by atoms with E-state index in [4.69, 9.17) is 15.2 Å². The molecule has 5 heteroatoms. The lowest BCUT2D eigenvalue weighted by Crippen LogP contribution is -2.03. The minimum atomic E-state index is -0.775. The minimum absolute atomic E-state index is 0.0161. The Kier molecular flexibility index (Phi) is 2.17. The molecular weight excluding hydrogens is 189 g/mol. The fourth-order valence-corrected chi connectivity index (χ4v) is 1.39. The summed E-state index contributed by atoms with van der Waals surface area (Å²) in [7, 11) is 0. The van der Waals surface area contributed by atoms with Crippen LogP contribution in [0.15, 0.2) is 6.07 Å². The van der Waals surface area contributed by atoms with Crippen LogP contribution >= 0.6 is 0 Å². The van der Waals surface area contributed by atoms with Gasteiger partial charge in [-0.25, -0.2) is 0 Å². The number of benzene rings is 1. The minimum Gasteiger partial charge on any atom is -0.505 e. The van der Waals surface area contributed by atoms with Gasteiger partial charge in [0.15, 0.2) is 11.5 Å². The highest BCUT2D eigenvalue weighted by molar-refractivity contribution is 5.52. The van der Waals surface area contributed by atoms with E-state index in [2.05, 4.69) is 0 Å². The third-order valence-electron chi connectivity index (χ3n) is 2.07. The molecule has 0 unspecified atom stereocenters. The van der Waals surface area contributed by atoms with Crippen molar-refractivity contribution in [2.45, 2.75) is 6.42 Å². The van der Waals surface area contributed by atoms with E-state index < -0.39 is 11.6 Å². The van der Waals surface area contributed by atoms with Crippen LogP contribution in [0.2, 0.25) is 0 Å². The number of fused-ring (bicyclic) bond motifs is 1. The van der Waals surface area contributed by atoms with Crippen LogP contribution in [0.25, 0.3) is 0 Å². The van der Waals surface area contributed by atoms with Gasteiger partial charge in [-0.3, -0.25) is 0 Å². The normalized spacial score (nSPS) is 13.3. The van der Waals surface area contributed by atoms with E-state index in [9.17, 15) is 9.50 Å². The molecule has 1 aromatic carbocycles. The van der Waals surface area contributed by atoms with E-state index in [0.717, 1.165) is 0 Å². The number of rotatable bonds is 2. The Morgan fingerprint density at radius 2 is 2.29 bits per heavy atom. The summed E-state index contributed by atoms with van der Waals surface area (Å²) in [5, 5.41) is 9.43. The van der Waals surface area contributed by atoms with Gasteiger partial charge >= 0.3 is 0 Å². The van der Waals surface area contributed by atoms with Gasteiger partial charge in [0.2, 0.25) is 18.4 Å². The molecule has 0 saturated carbocycles. The number of nitrogens with two attached hydrogens (primary N) is 1. The first-order chi connectivity index (χ1) is 6.74. The van der Waals surface area contributed by atoms with Gasteiger partial charge < -0.3 is 20.3 Å². The molecule has 1 aromatic rings. The Morgan fingerprint density at radius 1 is 1.50 bits per heavy atom. The second kappa shape index (κ2) is 3.34. The van der Waals surface area contributed by atoms with Gasteiger partial charge in [-0.05, 0) is 19.0 Å². The molecule has 0 saturated heterocycles. The summed E-state index contributed by atoms with van der Waals surface area (Å²) in [5.74, 6) is -0.879. The van der Waals surface area contributed by atoms with Crippen LogP contribution in [0.3, 0.4) is 0 Å². The van der Waals surface area contributed by atoms with Gasteiger partial charge in [-0.2, -0.15) is 4.39 Å². The van der Waals surface area contributed by atoms with E-state index in [-0.39, 0.29) is 12.5 Å². The van der Waals surface area contributed by atoms with Crippen molar-refractivity contribution in [3.63, 3.8) is 0 Å². The summed E-state index contributed by atoms with van der Waals surface area (Å²) in [6, 6.07) is 1.55. The third-order valence-corrected chi connectivity index (χ3v) is 2.07. The summed E-state index contributed by atoms with van der Waals surface area (Å²) in [6.45, 7) is 0.324. The highest BCUT2D eigenvalue weighted by Crippen LogP contribution is 2.41. The fourth-order valence-electron chi connectivity index (χ4n) is 1.39. The summed E-state index contributed by atoms with van der Waals surface area (Å²) in [5.41, 5.74) is 5.76. The molecule has 0 amide bonds. The molecule has 1 heterocycles. The van der Waals surface area contributed by atoms with Crippen molar-refractivity contribution in [2.75, 3.05) is 13.3 Å². The molecule has 0 aromatic heterocycles. The second-order valence-corrected chi connectivity index (χ2v) is 2.97. The molecule has 1 aliphatic heterocycles. The maximum atomic E-state index is 13.4. The topological polar surface area (TPSA) is 64.7 Å². The van der Waals surface area contributed by atoms with E-state index in [1.54, 1.807) is 6.07 Å². The largest absolute Gasteiger partial charge is 0.505 e. The summed E-state index contributed by atoms with van der Waals surface area (Å²) in [6.07, 6.45) is 0.402. The average molecular weight is 199 g/mol. The number of ether oxygens (including phenoxy) is 2. The Bertz CT molecular complexity index is 368. The van der Waals surface area contributed by atoms with Crippen molar-refractivity contribution < 1.29 is 19.0 Å². The quantitative estimate of drug-likeness (QED) is 0.738. The van der Waals surface area contributed by atoms with Crippen LogP contribution in [-0.4, -0.2) is 18.4 Å². The lowest BCUT2D eigenvalue weighted by molar-refractivity contribution is 0.170. The Labute approximate surface area is 80.0 Å². The first-order valence-corrected chi connectivity index (χ1v) is 4.24. The Hall–Kier alpha value is -1.49. The molecule has 0 aliphatic carbocycles. The zero-order valence-electron chi connectivity index (χ0n) is 7.42. The molecule has 0 spiro atoms. The maximum absolute atomic E-state index is 13.4. The number of hydrogen-bond donors (Lipinski definition) is 2. The Balaban J connectivity index is 2.49. The summed E-state index contributed by atoms with van der Waals surface area (Å²) >= 11 is 0. The van der Waals surface area contributed by atoms with Gasteiger partial charge in [-0.1, -0.05) is 0 Å². The number of phenols is 1. The molecule has 0 bridgehead atoms. The molecule has 0 fully saturated rings. The van der Waals surface area contributed by atoms with E-state index in [1.165, 1.54) is 0 Å². The van der Waals surface area contributed by atoms with Gasteiger partial charge in [0.1, 0.15) is 0 Å². The number of hydrogen-bond acceptors (Lipinski definition) is 4. The lowest BCUT2D eigenvalue weighted by atomic mass is 10.1. The molecule has 1 aliphatic rings. The maximum Gasteiger partial charge on any atom is 0.231 e. The van der Waals surface area contributed by atoms with Crippen molar-refractivity contribution in [2.24, 2.45) is 5.73 Å². The molecular formula is C9H10FNO3. The van der Waals surface area contributed by atoms with E-state index in [1.807, 2.05) is 0 Å². The van der Waals surface area contributed by atoms with Crippen LogP contribution in [0.1, 0.15) is 5.56 Å². The van der Waals surface area contributed by atoms with Gasteiger partial charge in [-0.15, -0.1) is 0 Å². The first kappa shape index (κ1) is 9.08. The van der Waals surface area contributed by atoms with E-state index in [0.29, 0.717) is 24.3 Å². The van der Waals surface area contributed by atoms with Gasteiger partial charge in [0, 0.05) is 5.56 Å². The molecule has 14 heavy (non-hydrogen) atoms. The lowest BCUT2D eigenvalue weighted by Gasteiger charge is -2.06. The molecule has 3 N–H and O–H groups in total. The average Bonchev–Trinajstić information content (AvgIpc) is 2.62. The zero-order valence-corrected chi connectivity index (χ0v) is 7.42. The summed E-state index contributed by atoms with van der Waals surface area (Å²) < 4.78 is 23.3. The molecule has 4 nitrogen and oxygen atoms in total. The standard InChI is InChI=1S/C9H10FNO3/c10-7-8(12)5(1-2-11)3-6-9(7)14-4-13-6/h3,12H,1-2,4,11H2. The van der Waals surface area contributed by atoms with Crippen LogP contribution in [-0.2, 0) is 6.42 Å². The van der Waals surface area contributed by atoms with Crippen LogP contribution in [0.5, 0.6) is 17.2 Å². The molecule has 2 rings (SSSR count). The first-order valence-electron chi connectivity index (χ1n) is 4.24. The molecule has 76 valence electrons. The van der Waals surface area contributed by atoms with Crippen molar-refractivity contribution in [1.29, 1.82) is 0 Å². The molecule has 0 radical (unpaired) electrons. The van der Waals surface area contributed by atoms with Crippen LogP contribution in [0, 0.1) is 5.82 Å². The van der Waals surface area contributed by atoms with Crippen LogP contribution < -0.4 is 15.2 Å². The summed E-state index contributed by atoms with van der Waals surface area (Å²) in [4.78, 5) is 0. The van der Waals surface area contributed by atoms with Crippen molar-refractivity contribution >= 4 is 0 Å². The zero-order chi connectivity index (χ0) is 10.1. The monoisotopic (exact) mass is 199 g/mol. The second-order valence-electron chi connectivity index (χ2n) is 2.97. The number of phenolic OH excluding ortho intramolecular Hbond substituents is 1. The van der Waals surface area contributed by atoms with Crippen LogP contribution in [0.4, 0.5) is 4.39 Å². The number of halogens is 1. The fraction of sp³-hybridized carbons (Fsp3) is 0.333. The third kappa shape index (κ3) is 1.26. The number of aromatic hydroxyl groups is 1. The predicted molar refractivity (Wildman–Crippen MR) is 46.9 cm³/mol. The highest BCUT2D eigenvalue weighted by Gasteiger charge is 2.23. The van der Waals surface area contributed by atoms with Gasteiger partial charge in [0.05, 0.1) is 0 Å². The smallest absolute Gasteiger partial charge is 0.231 e. The van der Waals surface area contributed by atoms with E-state index >= 15 is 0 Å². The van der Waals surface area contributed by atoms with Crippen molar-refractivity contribution in [3.8, 4) is 17.2 Å². The van der Waals surface area contributed by atoms with Gasteiger partial charge in [0.25, 0.3) is 0 Å². The SMILES string of the molecule is NCCc1cc2c(c(F)c1O)OCO2. The highest BCUT2D eigenvalue weighted by atomic mass is 19.1. The Morgan fingerprint density at radius 3 is 3.00 bits per heavy atom. The predicted octanol–water partition coefficient (Wildman–Crippen LogP) is 0.761. The molecule has 0 atom stereocenters.